The van der Waals surface area contributed by atoms with E-state index in [1.54, 1.807) is 6.26 Å². The van der Waals surface area contributed by atoms with E-state index in [9.17, 15) is 4.79 Å². The highest BCUT2D eigenvalue weighted by molar-refractivity contribution is 7.99. The molecule has 3 rings (SSSR count). The fraction of sp³-hybridized carbons (Fsp3) is 0.350. The van der Waals surface area contributed by atoms with Gasteiger partial charge in [0.15, 0.2) is 16.7 Å². The van der Waals surface area contributed by atoms with Crippen LogP contribution in [0.3, 0.4) is 0 Å². The fourth-order valence-corrected chi connectivity index (χ4v) is 3.46. The normalized spacial score (nSPS) is 11.1. The first-order valence-electron chi connectivity index (χ1n) is 9.05. The van der Waals surface area contributed by atoms with E-state index in [4.69, 9.17) is 4.42 Å². The first-order valence-corrected chi connectivity index (χ1v) is 10.0. The van der Waals surface area contributed by atoms with Crippen LogP contribution in [0.25, 0.3) is 11.6 Å². The van der Waals surface area contributed by atoms with E-state index in [0.717, 1.165) is 18.7 Å². The molecule has 6 nitrogen and oxygen atoms in total. The summed E-state index contributed by atoms with van der Waals surface area (Å²) in [6, 6.07) is 11.6. The van der Waals surface area contributed by atoms with Gasteiger partial charge in [0, 0.05) is 12.2 Å². The third-order valence-electron chi connectivity index (χ3n) is 3.96. The monoisotopic (exact) mass is 384 g/mol. The minimum atomic E-state index is -0.0631. The van der Waals surface area contributed by atoms with E-state index in [1.807, 2.05) is 34.9 Å². The molecule has 27 heavy (non-hydrogen) atoms. The van der Waals surface area contributed by atoms with Gasteiger partial charge < -0.3 is 9.73 Å². The standard InChI is InChI=1S/C20H24N4O2S/c1-4-15-7-5-8-16(11-15)21-18(25)13-27-20-23-22-19(17-9-6-10-26-17)24(20)12-14(2)3/h5-11,14H,4,12-13H2,1-3H3,(H,21,25). The zero-order chi connectivity index (χ0) is 19.2. The number of nitrogens with one attached hydrogen (secondary N) is 1. The number of carbonyl (C=O) groups is 1. The molecule has 0 aliphatic rings. The van der Waals surface area contributed by atoms with Crippen molar-refractivity contribution < 1.29 is 9.21 Å². The molecule has 2 aromatic heterocycles. The van der Waals surface area contributed by atoms with Gasteiger partial charge in [0.05, 0.1) is 12.0 Å². The number of hydrogen-bond donors (Lipinski definition) is 1. The second-order valence-corrected chi connectivity index (χ2v) is 7.62. The van der Waals surface area contributed by atoms with Crippen molar-refractivity contribution in [2.75, 3.05) is 11.1 Å². The molecule has 3 aromatic rings. The van der Waals surface area contributed by atoms with Crippen LogP contribution in [0.15, 0.2) is 52.2 Å². The zero-order valence-electron chi connectivity index (χ0n) is 15.8. The molecular formula is C20H24N4O2S. The summed E-state index contributed by atoms with van der Waals surface area (Å²) in [5.41, 5.74) is 2.01. The summed E-state index contributed by atoms with van der Waals surface area (Å²) in [5.74, 6) is 1.99. The molecule has 1 N–H and O–H groups in total. The maximum absolute atomic E-state index is 12.3. The minimum Gasteiger partial charge on any atom is -0.461 e. The number of amides is 1. The predicted octanol–water partition coefficient (Wildman–Crippen LogP) is 4.49. The summed E-state index contributed by atoms with van der Waals surface area (Å²) in [7, 11) is 0. The van der Waals surface area contributed by atoms with Gasteiger partial charge >= 0.3 is 0 Å². The van der Waals surface area contributed by atoms with Crippen molar-refractivity contribution in [2.45, 2.75) is 38.9 Å². The molecule has 0 radical (unpaired) electrons. The number of hydrogen-bond acceptors (Lipinski definition) is 5. The van der Waals surface area contributed by atoms with Crippen molar-refractivity contribution >= 4 is 23.4 Å². The third kappa shape index (κ3) is 5.01. The molecule has 0 aliphatic heterocycles. The average Bonchev–Trinajstić information content (AvgIpc) is 3.29. The topological polar surface area (TPSA) is 73.0 Å². The molecule has 0 atom stereocenters. The largest absolute Gasteiger partial charge is 0.461 e. The van der Waals surface area contributed by atoms with Crippen LogP contribution >= 0.6 is 11.8 Å². The highest BCUT2D eigenvalue weighted by Gasteiger charge is 2.18. The number of nitrogens with zero attached hydrogens (tertiary/aromatic N) is 3. The van der Waals surface area contributed by atoms with Crippen molar-refractivity contribution in [2.24, 2.45) is 5.92 Å². The van der Waals surface area contributed by atoms with Gasteiger partial charge in [0.2, 0.25) is 5.91 Å². The number of aryl methyl sites for hydroxylation is 1. The average molecular weight is 385 g/mol. The molecule has 0 saturated heterocycles. The van der Waals surface area contributed by atoms with Crippen molar-refractivity contribution in [3.05, 3.63) is 48.2 Å². The molecule has 0 fully saturated rings. The molecule has 7 heteroatoms. The van der Waals surface area contributed by atoms with E-state index in [-0.39, 0.29) is 11.7 Å². The maximum atomic E-state index is 12.3. The van der Waals surface area contributed by atoms with Crippen molar-refractivity contribution in [1.29, 1.82) is 0 Å². The van der Waals surface area contributed by atoms with E-state index >= 15 is 0 Å². The molecule has 1 amide bonds. The Morgan fingerprint density at radius 2 is 2.11 bits per heavy atom. The maximum Gasteiger partial charge on any atom is 0.234 e. The number of furan rings is 1. The lowest BCUT2D eigenvalue weighted by atomic mass is 10.1. The summed E-state index contributed by atoms with van der Waals surface area (Å²) < 4.78 is 7.48. The Balaban J connectivity index is 1.69. The first kappa shape index (κ1) is 19.2. The molecule has 0 saturated carbocycles. The molecule has 0 spiro atoms. The van der Waals surface area contributed by atoms with E-state index in [2.05, 4.69) is 42.4 Å². The van der Waals surface area contributed by atoms with Gasteiger partial charge in [-0.3, -0.25) is 9.36 Å². The second-order valence-electron chi connectivity index (χ2n) is 6.68. The van der Waals surface area contributed by atoms with Gasteiger partial charge in [-0.25, -0.2) is 0 Å². The number of anilines is 1. The van der Waals surface area contributed by atoms with Crippen LogP contribution in [0.4, 0.5) is 5.69 Å². The first-order chi connectivity index (χ1) is 13.1. The van der Waals surface area contributed by atoms with Crippen molar-refractivity contribution in [3.63, 3.8) is 0 Å². The smallest absolute Gasteiger partial charge is 0.234 e. The van der Waals surface area contributed by atoms with Crippen LogP contribution in [-0.2, 0) is 17.8 Å². The Kier molecular flexibility index (Phi) is 6.34. The van der Waals surface area contributed by atoms with Crippen LogP contribution < -0.4 is 5.32 Å². The number of carbonyl (C=O) groups excluding carboxylic acids is 1. The van der Waals surface area contributed by atoms with Crippen LogP contribution in [0.1, 0.15) is 26.3 Å². The highest BCUT2D eigenvalue weighted by Crippen LogP contribution is 2.25. The zero-order valence-corrected chi connectivity index (χ0v) is 16.6. The predicted molar refractivity (Wildman–Crippen MR) is 108 cm³/mol. The van der Waals surface area contributed by atoms with Crippen LogP contribution in [0.5, 0.6) is 0 Å². The second kappa shape index (κ2) is 8.90. The van der Waals surface area contributed by atoms with E-state index < -0.39 is 0 Å². The minimum absolute atomic E-state index is 0.0631. The molecule has 2 heterocycles. The lowest BCUT2D eigenvalue weighted by Crippen LogP contribution is -2.15. The molecule has 142 valence electrons. The molecule has 0 bridgehead atoms. The van der Waals surface area contributed by atoms with Crippen molar-refractivity contribution in [1.82, 2.24) is 14.8 Å². The Hall–Kier alpha value is -2.54. The highest BCUT2D eigenvalue weighted by atomic mass is 32.2. The molecule has 0 unspecified atom stereocenters. The van der Waals surface area contributed by atoms with Gasteiger partial charge in [0.1, 0.15) is 0 Å². The Bertz CT molecular complexity index is 887. The Morgan fingerprint density at radius 1 is 1.26 bits per heavy atom. The van der Waals surface area contributed by atoms with Gasteiger partial charge in [-0.1, -0.05) is 44.7 Å². The van der Waals surface area contributed by atoms with Crippen molar-refractivity contribution in [3.8, 4) is 11.6 Å². The molecule has 1 aromatic carbocycles. The summed E-state index contributed by atoms with van der Waals surface area (Å²) in [6.07, 6.45) is 2.56. The van der Waals surface area contributed by atoms with Crippen LogP contribution in [0, 0.1) is 5.92 Å². The third-order valence-corrected chi connectivity index (χ3v) is 4.92. The fourth-order valence-electron chi connectivity index (χ4n) is 2.71. The number of rotatable bonds is 8. The lowest BCUT2D eigenvalue weighted by Gasteiger charge is -2.11. The number of aromatic nitrogens is 3. The summed E-state index contributed by atoms with van der Waals surface area (Å²) in [5, 5.41) is 12.2. The SMILES string of the molecule is CCc1cccc(NC(=O)CSc2nnc(-c3ccco3)n2CC(C)C)c1. The summed E-state index contributed by atoms with van der Waals surface area (Å²) in [4.78, 5) is 12.3. The van der Waals surface area contributed by atoms with Crippen LogP contribution in [-0.4, -0.2) is 26.4 Å². The van der Waals surface area contributed by atoms with Crippen LogP contribution in [0.2, 0.25) is 0 Å². The van der Waals surface area contributed by atoms with E-state index in [0.29, 0.717) is 22.7 Å². The summed E-state index contributed by atoms with van der Waals surface area (Å²) >= 11 is 1.38. The number of thioether (sulfide) groups is 1. The van der Waals surface area contributed by atoms with Gasteiger partial charge in [-0.15, -0.1) is 10.2 Å². The lowest BCUT2D eigenvalue weighted by molar-refractivity contribution is -0.113. The Labute approximate surface area is 163 Å². The molecular weight excluding hydrogens is 360 g/mol. The van der Waals surface area contributed by atoms with Gasteiger partial charge in [-0.05, 0) is 42.2 Å². The summed E-state index contributed by atoms with van der Waals surface area (Å²) in [6.45, 7) is 7.11. The van der Waals surface area contributed by atoms with E-state index in [1.165, 1.54) is 17.3 Å². The Morgan fingerprint density at radius 3 is 2.81 bits per heavy atom. The quantitative estimate of drug-likeness (QED) is 0.579. The van der Waals surface area contributed by atoms with Gasteiger partial charge in [-0.2, -0.15) is 0 Å². The molecule has 0 aliphatic carbocycles. The van der Waals surface area contributed by atoms with Gasteiger partial charge in [0.25, 0.3) is 0 Å². The number of benzene rings is 1.